The maximum absolute atomic E-state index is 11.4. The lowest BCUT2D eigenvalue weighted by molar-refractivity contribution is -0.385. The minimum absolute atomic E-state index is 0.383. The van der Waals surface area contributed by atoms with Crippen molar-refractivity contribution in [3.63, 3.8) is 0 Å². The normalized spacial score (nSPS) is 10.7. The fraction of sp³-hybridized carbons (Fsp3) is 0.125. The summed E-state index contributed by atoms with van der Waals surface area (Å²) in [5.41, 5.74) is 1.90. The number of aliphatic imine (C=N–C) groups is 1. The number of esters is 1. The molecule has 0 amide bonds. The summed E-state index contributed by atoms with van der Waals surface area (Å²) < 4.78 is 4.64. The number of carbonyl (C=O) groups is 1. The van der Waals surface area contributed by atoms with Crippen LogP contribution in [0.15, 0.2) is 41.4 Å². The van der Waals surface area contributed by atoms with Gasteiger partial charge in [-0.15, -0.1) is 0 Å². The summed E-state index contributed by atoms with van der Waals surface area (Å²) in [4.78, 5) is 25.8. The summed E-state index contributed by atoms with van der Waals surface area (Å²) in [5.74, 6) is -0.830. The molecule has 0 aliphatic heterocycles. The highest BCUT2D eigenvalue weighted by atomic mass is 16.6. The van der Waals surface area contributed by atoms with E-state index >= 15 is 0 Å². The van der Waals surface area contributed by atoms with Crippen LogP contribution in [-0.2, 0) is 4.74 Å². The first-order chi connectivity index (χ1) is 10.9. The third-order valence-corrected chi connectivity index (χ3v) is 3.17. The molecular weight excluding hydrogens is 300 g/mol. The second-order valence-corrected chi connectivity index (χ2v) is 4.76. The summed E-state index contributed by atoms with van der Waals surface area (Å²) in [7, 11) is 1.31. The van der Waals surface area contributed by atoms with Crippen LogP contribution in [0.4, 0.5) is 11.4 Å². The van der Waals surface area contributed by atoms with E-state index in [1.54, 1.807) is 25.1 Å². The Morgan fingerprint density at radius 3 is 2.65 bits per heavy atom. The number of methoxy groups -OCH3 is 1. The number of rotatable bonds is 4. The quantitative estimate of drug-likeness (QED) is 0.404. The van der Waals surface area contributed by atoms with Gasteiger partial charge in [-0.3, -0.25) is 15.1 Å². The van der Waals surface area contributed by atoms with Crippen molar-refractivity contribution in [2.24, 2.45) is 4.99 Å². The van der Waals surface area contributed by atoms with Crippen LogP contribution in [0.3, 0.4) is 0 Å². The van der Waals surface area contributed by atoms with E-state index in [2.05, 4.69) is 9.73 Å². The van der Waals surface area contributed by atoms with E-state index in [0.29, 0.717) is 16.8 Å². The van der Waals surface area contributed by atoms with E-state index in [0.717, 1.165) is 5.56 Å². The molecule has 0 atom stereocenters. The van der Waals surface area contributed by atoms with Gasteiger partial charge < -0.3 is 9.84 Å². The first-order valence-corrected chi connectivity index (χ1v) is 6.63. The van der Waals surface area contributed by atoms with Gasteiger partial charge in [0.1, 0.15) is 0 Å². The highest BCUT2D eigenvalue weighted by Gasteiger charge is 2.13. The zero-order valence-electron chi connectivity index (χ0n) is 12.5. The van der Waals surface area contributed by atoms with E-state index in [1.807, 2.05) is 0 Å². The van der Waals surface area contributed by atoms with Gasteiger partial charge in [-0.25, -0.2) is 4.79 Å². The lowest BCUT2D eigenvalue weighted by Crippen LogP contribution is -2.00. The van der Waals surface area contributed by atoms with Crippen LogP contribution in [0.1, 0.15) is 21.5 Å². The van der Waals surface area contributed by atoms with E-state index in [4.69, 9.17) is 0 Å². The lowest BCUT2D eigenvalue weighted by Gasteiger charge is -2.03. The summed E-state index contributed by atoms with van der Waals surface area (Å²) >= 11 is 0. The third kappa shape index (κ3) is 3.70. The van der Waals surface area contributed by atoms with Crippen LogP contribution < -0.4 is 0 Å². The van der Waals surface area contributed by atoms with Crippen LogP contribution in [-0.4, -0.2) is 29.3 Å². The molecule has 2 aromatic rings. The average Bonchev–Trinajstić information content (AvgIpc) is 2.53. The van der Waals surface area contributed by atoms with Crippen LogP contribution in [0.2, 0.25) is 0 Å². The Morgan fingerprint density at radius 2 is 2.04 bits per heavy atom. The van der Waals surface area contributed by atoms with Crippen molar-refractivity contribution in [2.75, 3.05) is 7.11 Å². The number of aromatic hydroxyl groups is 1. The molecular formula is C16H14N2O5. The Labute approximate surface area is 132 Å². The molecule has 0 aromatic heterocycles. The van der Waals surface area contributed by atoms with E-state index in [9.17, 15) is 20.0 Å². The summed E-state index contributed by atoms with van der Waals surface area (Å²) in [5, 5.41) is 20.2. The highest BCUT2D eigenvalue weighted by Crippen LogP contribution is 2.26. The summed E-state index contributed by atoms with van der Waals surface area (Å²) in [6.45, 7) is 1.79. The number of aryl methyl sites for hydroxylation is 1. The van der Waals surface area contributed by atoms with Gasteiger partial charge in [0.15, 0.2) is 5.75 Å². The zero-order chi connectivity index (χ0) is 17.0. The standard InChI is InChI=1S/C16H14N2O5/c1-10-7-12(16(20)23-2)4-5-13(10)17-9-11-3-6-15(19)14(8-11)18(21)22/h3-9,19H,1-2H3. The smallest absolute Gasteiger partial charge is 0.337 e. The molecule has 23 heavy (non-hydrogen) atoms. The molecule has 2 aromatic carbocycles. The number of ether oxygens (including phenoxy) is 1. The Kier molecular flexibility index (Phi) is 4.70. The number of nitro benzene ring substituents is 1. The van der Waals surface area contributed by atoms with Gasteiger partial charge in [0.2, 0.25) is 0 Å². The third-order valence-electron chi connectivity index (χ3n) is 3.17. The van der Waals surface area contributed by atoms with E-state index < -0.39 is 16.6 Å². The molecule has 0 bridgehead atoms. The van der Waals surface area contributed by atoms with Gasteiger partial charge in [0.25, 0.3) is 0 Å². The second kappa shape index (κ2) is 6.69. The van der Waals surface area contributed by atoms with Gasteiger partial charge in [0, 0.05) is 12.3 Å². The number of hydrogen-bond acceptors (Lipinski definition) is 6. The molecule has 0 saturated heterocycles. The maximum Gasteiger partial charge on any atom is 0.337 e. The van der Waals surface area contributed by atoms with Crippen LogP contribution in [0, 0.1) is 17.0 Å². The number of carbonyl (C=O) groups excluding carboxylic acids is 1. The van der Waals surface area contributed by atoms with Crippen LogP contribution in [0.25, 0.3) is 0 Å². The molecule has 0 spiro atoms. The monoisotopic (exact) mass is 314 g/mol. The molecule has 2 rings (SSSR count). The summed E-state index contributed by atoms with van der Waals surface area (Å²) in [6, 6.07) is 8.89. The zero-order valence-corrected chi connectivity index (χ0v) is 12.5. The van der Waals surface area contributed by atoms with Crippen molar-refractivity contribution < 1.29 is 19.6 Å². The van der Waals surface area contributed by atoms with Crippen molar-refractivity contribution in [3.05, 3.63) is 63.2 Å². The van der Waals surface area contributed by atoms with Crippen molar-refractivity contribution in [1.82, 2.24) is 0 Å². The molecule has 0 aliphatic carbocycles. The number of phenols is 1. The molecule has 0 aliphatic rings. The lowest BCUT2D eigenvalue weighted by atomic mass is 10.1. The van der Waals surface area contributed by atoms with Gasteiger partial charge in [-0.2, -0.15) is 0 Å². The number of phenolic OH excluding ortho intramolecular Hbond substituents is 1. The Bertz CT molecular complexity index is 799. The SMILES string of the molecule is COC(=O)c1ccc(N=Cc2ccc(O)c([N+](=O)[O-])c2)c(C)c1. The van der Waals surface area contributed by atoms with Gasteiger partial charge in [-0.1, -0.05) is 0 Å². The Morgan fingerprint density at radius 1 is 1.30 bits per heavy atom. The van der Waals surface area contributed by atoms with Crippen LogP contribution >= 0.6 is 0 Å². The maximum atomic E-state index is 11.4. The number of nitrogens with zero attached hydrogens (tertiary/aromatic N) is 2. The fourth-order valence-electron chi connectivity index (χ4n) is 1.96. The van der Waals surface area contributed by atoms with Crippen LogP contribution in [0.5, 0.6) is 5.75 Å². The topological polar surface area (TPSA) is 102 Å². The van der Waals surface area contributed by atoms with Crippen molar-refractivity contribution in [3.8, 4) is 5.75 Å². The van der Waals surface area contributed by atoms with Gasteiger partial charge >= 0.3 is 11.7 Å². The second-order valence-electron chi connectivity index (χ2n) is 4.76. The van der Waals surface area contributed by atoms with E-state index in [1.165, 1.54) is 31.5 Å². The highest BCUT2D eigenvalue weighted by molar-refractivity contribution is 5.90. The first-order valence-electron chi connectivity index (χ1n) is 6.63. The minimum Gasteiger partial charge on any atom is -0.502 e. The molecule has 7 heteroatoms. The molecule has 7 nitrogen and oxygen atoms in total. The number of hydrogen-bond donors (Lipinski definition) is 1. The molecule has 118 valence electrons. The molecule has 0 fully saturated rings. The minimum atomic E-state index is -0.664. The predicted octanol–water partition coefficient (Wildman–Crippen LogP) is 3.15. The van der Waals surface area contributed by atoms with Crippen molar-refractivity contribution in [1.29, 1.82) is 0 Å². The number of nitro groups is 1. The fourth-order valence-corrected chi connectivity index (χ4v) is 1.96. The predicted molar refractivity (Wildman–Crippen MR) is 84.5 cm³/mol. The van der Waals surface area contributed by atoms with Crippen molar-refractivity contribution in [2.45, 2.75) is 6.92 Å². The Hall–Kier alpha value is -3.22. The summed E-state index contributed by atoms with van der Waals surface area (Å²) in [6.07, 6.45) is 1.45. The van der Waals surface area contributed by atoms with Gasteiger partial charge in [0.05, 0.1) is 23.3 Å². The average molecular weight is 314 g/mol. The molecule has 0 saturated carbocycles. The van der Waals surface area contributed by atoms with E-state index in [-0.39, 0.29) is 5.69 Å². The first kappa shape index (κ1) is 16.2. The Balaban J connectivity index is 2.29. The number of benzene rings is 2. The largest absolute Gasteiger partial charge is 0.502 e. The molecule has 0 unspecified atom stereocenters. The van der Waals surface area contributed by atoms with Gasteiger partial charge in [-0.05, 0) is 48.4 Å². The molecule has 0 heterocycles. The van der Waals surface area contributed by atoms with Crippen molar-refractivity contribution >= 4 is 23.6 Å². The molecule has 0 radical (unpaired) electrons. The molecule has 1 N–H and O–H groups in total.